The van der Waals surface area contributed by atoms with Crippen molar-refractivity contribution < 1.29 is 4.79 Å². The fourth-order valence-electron chi connectivity index (χ4n) is 3.00. The second-order valence-corrected chi connectivity index (χ2v) is 6.05. The molecule has 2 rings (SSSR count). The number of nitrogens with zero attached hydrogens (tertiary/aromatic N) is 4. The third-order valence-electron chi connectivity index (χ3n) is 4.32. The summed E-state index contributed by atoms with van der Waals surface area (Å²) in [7, 11) is 3.98. The number of likely N-dealkylation sites (N-methyl/N-ethyl adjacent to an activating group) is 1. The van der Waals surface area contributed by atoms with Crippen LogP contribution in [0.5, 0.6) is 0 Å². The van der Waals surface area contributed by atoms with Gasteiger partial charge in [-0.15, -0.1) is 0 Å². The molecule has 0 aliphatic carbocycles. The minimum atomic E-state index is -0.718. The summed E-state index contributed by atoms with van der Waals surface area (Å²) >= 11 is 0. The van der Waals surface area contributed by atoms with E-state index in [9.17, 15) is 10.1 Å². The molecule has 5 nitrogen and oxygen atoms in total. The molecule has 2 heterocycles. The Morgan fingerprint density at radius 2 is 2.00 bits per heavy atom. The van der Waals surface area contributed by atoms with Gasteiger partial charge in [0.25, 0.3) is 0 Å². The van der Waals surface area contributed by atoms with Gasteiger partial charge in [-0.05, 0) is 39.8 Å². The van der Waals surface area contributed by atoms with Crippen molar-refractivity contribution in [1.82, 2.24) is 14.7 Å². The van der Waals surface area contributed by atoms with Crippen molar-refractivity contribution in [3.63, 3.8) is 0 Å². The highest BCUT2D eigenvalue weighted by Gasteiger charge is 2.46. The molecule has 2 aliphatic heterocycles. The van der Waals surface area contributed by atoms with Gasteiger partial charge in [0.1, 0.15) is 5.54 Å². The lowest BCUT2D eigenvalue weighted by atomic mass is 9.97. The van der Waals surface area contributed by atoms with Crippen LogP contribution in [0, 0.1) is 17.2 Å². The summed E-state index contributed by atoms with van der Waals surface area (Å²) < 4.78 is 0. The molecule has 5 heteroatoms. The fourth-order valence-corrected chi connectivity index (χ4v) is 3.00. The Morgan fingerprint density at radius 1 is 1.33 bits per heavy atom. The Hall–Kier alpha value is -1.28. The van der Waals surface area contributed by atoms with E-state index in [4.69, 9.17) is 0 Å². The largest absolute Gasteiger partial charge is 0.323 e. The Morgan fingerprint density at radius 3 is 2.50 bits per heavy atom. The second-order valence-electron chi connectivity index (χ2n) is 6.05. The number of rotatable bonds is 2. The molecular weight excluding hydrogens is 228 g/mol. The van der Waals surface area contributed by atoms with Gasteiger partial charge in [-0.2, -0.15) is 5.26 Å². The van der Waals surface area contributed by atoms with Crippen LogP contribution in [0.15, 0.2) is 0 Å². The maximum atomic E-state index is 12.2. The van der Waals surface area contributed by atoms with Crippen molar-refractivity contribution in [3.05, 3.63) is 0 Å². The Labute approximate surface area is 109 Å². The van der Waals surface area contributed by atoms with Gasteiger partial charge in [0.05, 0.1) is 12.1 Å². The van der Waals surface area contributed by atoms with E-state index >= 15 is 0 Å². The van der Waals surface area contributed by atoms with Crippen molar-refractivity contribution in [1.29, 1.82) is 5.26 Å². The predicted molar refractivity (Wildman–Crippen MR) is 68.9 cm³/mol. The lowest BCUT2D eigenvalue weighted by Crippen LogP contribution is -2.44. The van der Waals surface area contributed by atoms with E-state index in [-0.39, 0.29) is 12.1 Å². The molecule has 18 heavy (non-hydrogen) atoms. The van der Waals surface area contributed by atoms with Gasteiger partial charge in [-0.25, -0.2) is 4.79 Å². The molecule has 2 atom stereocenters. The molecule has 0 aromatic rings. The first kappa shape index (κ1) is 13.2. The highest BCUT2D eigenvalue weighted by molar-refractivity contribution is 5.78. The van der Waals surface area contributed by atoms with Crippen LogP contribution in [-0.4, -0.2) is 66.0 Å². The first-order chi connectivity index (χ1) is 8.36. The Kier molecular flexibility index (Phi) is 3.24. The maximum absolute atomic E-state index is 12.2. The van der Waals surface area contributed by atoms with Crippen molar-refractivity contribution in [2.75, 3.05) is 33.7 Å². The Balaban J connectivity index is 2.13. The zero-order chi connectivity index (χ0) is 13.5. The van der Waals surface area contributed by atoms with E-state index in [1.807, 2.05) is 25.8 Å². The van der Waals surface area contributed by atoms with Crippen molar-refractivity contribution in [2.24, 2.45) is 5.92 Å². The molecule has 0 aromatic carbocycles. The van der Waals surface area contributed by atoms with Crippen LogP contribution in [0.4, 0.5) is 4.79 Å². The van der Waals surface area contributed by atoms with Crippen LogP contribution in [0.1, 0.15) is 20.3 Å². The molecule has 2 fully saturated rings. The summed E-state index contributed by atoms with van der Waals surface area (Å²) in [6.45, 7) is 6.44. The van der Waals surface area contributed by atoms with Gasteiger partial charge < -0.3 is 14.7 Å². The number of hydrogen-bond acceptors (Lipinski definition) is 3. The number of hydrogen-bond donors (Lipinski definition) is 0. The van der Waals surface area contributed by atoms with Gasteiger partial charge >= 0.3 is 6.03 Å². The van der Waals surface area contributed by atoms with Gasteiger partial charge in [0, 0.05) is 20.1 Å². The van der Waals surface area contributed by atoms with Crippen LogP contribution in [-0.2, 0) is 0 Å². The maximum Gasteiger partial charge on any atom is 0.321 e. The van der Waals surface area contributed by atoms with Gasteiger partial charge in [-0.1, -0.05) is 0 Å². The van der Waals surface area contributed by atoms with E-state index in [0.29, 0.717) is 12.5 Å². The fraction of sp³-hybridized carbons (Fsp3) is 0.846. The van der Waals surface area contributed by atoms with Gasteiger partial charge in [0.2, 0.25) is 0 Å². The highest BCUT2D eigenvalue weighted by atomic mass is 16.2. The third kappa shape index (κ3) is 2.05. The third-order valence-corrected chi connectivity index (χ3v) is 4.32. The molecule has 0 N–H and O–H groups in total. The van der Waals surface area contributed by atoms with Crippen molar-refractivity contribution in [3.8, 4) is 6.07 Å². The number of amides is 2. The summed E-state index contributed by atoms with van der Waals surface area (Å²) in [6.07, 6.45) is 1.14. The van der Waals surface area contributed by atoms with Gasteiger partial charge in [0.15, 0.2) is 0 Å². The number of carbonyl (C=O) groups excluding carboxylic acids is 1. The highest BCUT2D eigenvalue weighted by Crippen LogP contribution is 2.30. The van der Waals surface area contributed by atoms with E-state index in [0.717, 1.165) is 19.5 Å². The van der Waals surface area contributed by atoms with Crippen molar-refractivity contribution >= 4 is 6.03 Å². The molecule has 0 radical (unpaired) electrons. The topological polar surface area (TPSA) is 50.6 Å². The number of likely N-dealkylation sites (tertiary alicyclic amines) is 1. The Bertz CT molecular complexity index is 387. The molecule has 0 saturated carbocycles. The van der Waals surface area contributed by atoms with Crippen LogP contribution in [0.2, 0.25) is 0 Å². The van der Waals surface area contributed by atoms with Crippen LogP contribution in [0.3, 0.4) is 0 Å². The number of carbonyl (C=O) groups is 1. The van der Waals surface area contributed by atoms with Crippen LogP contribution < -0.4 is 0 Å². The monoisotopic (exact) mass is 250 g/mol. The lowest BCUT2D eigenvalue weighted by Gasteiger charge is -2.28. The predicted octanol–water partition coefficient (Wildman–Crippen LogP) is 0.976. The average Bonchev–Trinajstić information content (AvgIpc) is 2.86. The SMILES string of the molecule is CN1CCC(C2CN(C(C)(C)C#N)C(=O)N2C)C1. The quantitative estimate of drug-likeness (QED) is 0.734. The smallest absolute Gasteiger partial charge is 0.321 e. The first-order valence-corrected chi connectivity index (χ1v) is 6.51. The normalized spacial score (nSPS) is 30.1. The zero-order valence-electron chi connectivity index (χ0n) is 11.7. The molecule has 2 amide bonds. The van der Waals surface area contributed by atoms with Crippen molar-refractivity contribution in [2.45, 2.75) is 31.8 Å². The minimum Gasteiger partial charge on any atom is -0.323 e. The molecule has 0 aromatic heterocycles. The van der Waals surface area contributed by atoms with E-state index in [1.54, 1.807) is 4.90 Å². The average molecular weight is 250 g/mol. The summed E-state index contributed by atoms with van der Waals surface area (Å²) in [5.41, 5.74) is -0.718. The first-order valence-electron chi connectivity index (χ1n) is 6.51. The molecule has 2 saturated heterocycles. The minimum absolute atomic E-state index is 0.0129. The zero-order valence-corrected chi connectivity index (χ0v) is 11.7. The van der Waals surface area contributed by atoms with E-state index in [2.05, 4.69) is 18.0 Å². The molecular formula is C13H22N4O. The van der Waals surface area contributed by atoms with Crippen LogP contribution >= 0.6 is 0 Å². The van der Waals surface area contributed by atoms with Gasteiger partial charge in [-0.3, -0.25) is 0 Å². The molecule has 0 spiro atoms. The lowest BCUT2D eigenvalue weighted by molar-refractivity contribution is 0.171. The molecule has 100 valence electrons. The molecule has 0 bridgehead atoms. The van der Waals surface area contributed by atoms with E-state index < -0.39 is 5.54 Å². The van der Waals surface area contributed by atoms with E-state index in [1.165, 1.54) is 0 Å². The standard InChI is InChI=1S/C13H22N4O/c1-13(2,9-14)17-8-11(16(4)12(17)18)10-5-6-15(3)7-10/h10-11H,5-8H2,1-4H3. The summed E-state index contributed by atoms with van der Waals surface area (Å²) in [5, 5.41) is 9.18. The summed E-state index contributed by atoms with van der Waals surface area (Å²) in [6, 6.07) is 2.45. The summed E-state index contributed by atoms with van der Waals surface area (Å²) in [4.78, 5) is 18.1. The molecule has 2 unspecified atom stereocenters. The summed E-state index contributed by atoms with van der Waals surface area (Å²) in [5.74, 6) is 0.531. The number of urea groups is 1. The molecule has 2 aliphatic rings. The number of nitriles is 1. The van der Waals surface area contributed by atoms with Crippen LogP contribution in [0.25, 0.3) is 0 Å². The second kappa shape index (κ2) is 4.43.